The fourth-order valence-electron chi connectivity index (χ4n) is 4.64. The van der Waals surface area contributed by atoms with Gasteiger partial charge >= 0.3 is 156 Å². The van der Waals surface area contributed by atoms with Gasteiger partial charge in [0.2, 0.25) is 0 Å². The molecule has 1 rings (SSSR count). The van der Waals surface area contributed by atoms with Crippen LogP contribution >= 0.6 is 0 Å². The summed E-state index contributed by atoms with van der Waals surface area (Å²) < 4.78 is 6.94. The summed E-state index contributed by atoms with van der Waals surface area (Å²) in [6.07, 6.45) is 7.68. The van der Waals surface area contributed by atoms with E-state index in [1.165, 1.54) is 60.3 Å². The minimum atomic E-state index is -2.70. The van der Waals surface area contributed by atoms with Crippen LogP contribution in [0.1, 0.15) is 87.0 Å². The Morgan fingerprint density at radius 2 is 1.25 bits per heavy atom. The van der Waals surface area contributed by atoms with Crippen molar-refractivity contribution < 1.29 is 4.74 Å². The zero-order valence-electron chi connectivity index (χ0n) is 17.7. The van der Waals surface area contributed by atoms with Crippen LogP contribution < -0.4 is 0 Å². The molecule has 0 aliphatic carbocycles. The monoisotopic (exact) mass is 446 g/mol. The SMILES string of the molecule is CCC[CH2][Sn]([CH2]CCC)([CH2]CCC)[C]1=[N+]([O-])C(C)(C)N(C)C1(C)C. The number of rotatable bonds is 10. The molecule has 1 aliphatic rings. The van der Waals surface area contributed by atoms with E-state index in [0.29, 0.717) is 0 Å². The Labute approximate surface area is 155 Å². The van der Waals surface area contributed by atoms with E-state index in [0.717, 1.165) is 0 Å². The van der Waals surface area contributed by atoms with Gasteiger partial charge in [0.25, 0.3) is 0 Å². The average molecular weight is 445 g/mol. The summed E-state index contributed by atoms with van der Waals surface area (Å²) in [6.45, 7) is 15.7. The molecule has 24 heavy (non-hydrogen) atoms. The van der Waals surface area contributed by atoms with Crippen LogP contribution in [-0.2, 0) is 0 Å². The molecule has 142 valence electrons. The standard InChI is InChI=1S/C8H15N2O.3C4H9.Sn/c1-7(2)6-10(11)8(3,4)9(7)5;3*1-3-4-2;/h1-5H3;3*1,3-4H2,2H3;. The second kappa shape index (κ2) is 8.74. The fraction of sp³-hybridized carbons (Fsp3) is 0.950. The Hall–Kier alpha value is 0.229. The summed E-state index contributed by atoms with van der Waals surface area (Å²) in [6, 6.07) is 0. The molecule has 4 heteroatoms. The van der Waals surface area contributed by atoms with Gasteiger partial charge in [-0.15, -0.1) is 0 Å². The van der Waals surface area contributed by atoms with E-state index >= 15 is 0 Å². The molecule has 0 saturated heterocycles. The summed E-state index contributed by atoms with van der Waals surface area (Å²) >= 11 is -2.70. The molecule has 0 fully saturated rings. The first-order valence-corrected chi connectivity index (χ1v) is 17.7. The molecule has 0 bridgehead atoms. The first kappa shape index (κ1) is 22.3. The quantitative estimate of drug-likeness (QED) is 0.242. The van der Waals surface area contributed by atoms with Crippen LogP contribution in [0.5, 0.6) is 0 Å². The van der Waals surface area contributed by atoms with Crippen molar-refractivity contribution in [1.29, 1.82) is 0 Å². The molecule has 0 saturated carbocycles. The third kappa shape index (κ3) is 4.13. The van der Waals surface area contributed by atoms with Gasteiger partial charge < -0.3 is 0 Å². The zero-order chi connectivity index (χ0) is 18.6. The van der Waals surface area contributed by atoms with Crippen LogP contribution in [0.2, 0.25) is 13.3 Å². The van der Waals surface area contributed by atoms with Crippen LogP contribution in [0.15, 0.2) is 0 Å². The van der Waals surface area contributed by atoms with Gasteiger partial charge in [0.15, 0.2) is 0 Å². The number of hydrogen-bond donors (Lipinski definition) is 0. The zero-order valence-corrected chi connectivity index (χ0v) is 20.5. The van der Waals surface area contributed by atoms with Gasteiger partial charge in [-0.05, 0) is 0 Å². The molecule has 0 amide bonds. The number of hydroxylamine groups is 1. The first-order chi connectivity index (χ1) is 11.1. The molecule has 0 aromatic carbocycles. The van der Waals surface area contributed by atoms with Gasteiger partial charge in [-0.25, -0.2) is 0 Å². The van der Waals surface area contributed by atoms with Gasteiger partial charge in [0.05, 0.1) is 0 Å². The average Bonchev–Trinajstić information content (AvgIpc) is 2.65. The summed E-state index contributed by atoms with van der Waals surface area (Å²) in [4.78, 5) is 2.33. The van der Waals surface area contributed by atoms with Crippen molar-refractivity contribution in [3.05, 3.63) is 5.21 Å². The molecule has 0 N–H and O–H groups in total. The molecule has 0 atom stereocenters. The Kier molecular flexibility index (Phi) is 8.11. The molecular formula is C20H42N2OSn. The molecule has 1 aliphatic heterocycles. The van der Waals surface area contributed by atoms with Crippen molar-refractivity contribution >= 4 is 22.1 Å². The Morgan fingerprint density at radius 3 is 1.50 bits per heavy atom. The maximum atomic E-state index is 13.5. The topological polar surface area (TPSA) is 29.3 Å². The van der Waals surface area contributed by atoms with Crippen molar-refractivity contribution in [3.63, 3.8) is 0 Å². The summed E-state index contributed by atoms with van der Waals surface area (Å²) in [7, 11) is 2.15. The van der Waals surface area contributed by atoms with Crippen molar-refractivity contribution in [1.82, 2.24) is 4.90 Å². The molecule has 1 heterocycles. The molecule has 3 nitrogen and oxygen atoms in total. The number of nitrogens with zero attached hydrogens (tertiary/aromatic N) is 2. The summed E-state index contributed by atoms with van der Waals surface area (Å²) in [5, 5.41) is 13.5. The Balaban J connectivity index is 3.45. The van der Waals surface area contributed by atoms with Gasteiger partial charge in [-0.3, -0.25) is 0 Å². The van der Waals surface area contributed by atoms with Crippen molar-refractivity contribution in [2.24, 2.45) is 0 Å². The van der Waals surface area contributed by atoms with E-state index < -0.39 is 24.0 Å². The van der Waals surface area contributed by atoms with Crippen molar-refractivity contribution in [3.8, 4) is 0 Å². The third-order valence-electron chi connectivity index (χ3n) is 6.47. The maximum absolute atomic E-state index is 13.5. The van der Waals surface area contributed by atoms with Crippen LogP contribution in [0, 0.1) is 5.21 Å². The molecule has 0 radical (unpaired) electrons. The summed E-state index contributed by atoms with van der Waals surface area (Å²) in [5.41, 5.74) is -0.498. The van der Waals surface area contributed by atoms with E-state index in [2.05, 4.69) is 60.4 Å². The second-order valence-electron chi connectivity index (χ2n) is 8.85. The van der Waals surface area contributed by atoms with Gasteiger partial charge in [-0.1, -0.05) is 0 Å². The number of hydrogen-bond acceptors (Lipinski definition) is 2. The van der Waals surface area contributed by atoms with E-state index in [1.54, 1.807) is 0 Å². The van der Waals surface area contributed by atoms with Crippen LogP contribution in [-0.4, -0.2) is 50.0 Å². The van der Waals surface area contributed by atoms with Crippen molar-refractivity contribution in [2.75, 3.05) is 7.05 Å². The Morgan fingerprint density at radius 1 is 0.875 bits per heavy atom. The predicted molar refractivity (Wildman–Crippen MR) is 109 cm³/mol. The van der Waals surface area contributed by atoms with Gasteiger partial charge in [0, 0.05) is 0 Å². The molecule has 0 spiro atoms. The predicted octanol–water partition coefficient (Wildman–Crippen LogP) is 5.79. The van der Waals surface area contributed by atoms with E-state index in [1.807, 2.05) is 0 Å². The van der Waals surface area contributed by atoms with Gasteiger partial charge in [0.1, 0.15) is 0 Å². The molecule has 0 aromatic heterocycles. The van der Waals surface area contributed by atoms with E-state index in [4.69, 9.17) is 0 Å². The normalized spacial score (nSPS) is 20.8. The Bertz CT molecular complexity index is 421. The minimum absolute atomic E-state index is 0.0868. The van der Waals surface area contributed by atoms with Crippen LogP contribution in [0.25, 0.3) is 0 Å². The van der Waals surface area contributed by atoms with E-state index in [-0.39, 0.29) is 5.54 Å². The second-order valence-corrected chi connectivity index (χ2v) is 21.8. The van der Waals surface area contributed by atoms with Crippen LogP contribution in [0.4, 0.5) is 0 Å². The van der Waals surface area contributed by atoms with Gasteiger partial charge in [-0.2, -0.15) is 0 Å². The third-order valence-corrected chi connectivity index (χ3v) is 22.9. The van der Waals surface area contributed by atoms with Crippen molar-refractivity contribution in [2.45, 2.75) is 112 Å². The molecule has 0 aromatic rings. The molecular weight excluding hydrogens is 403 g/mol. The fourth-order valence-corrected chi connectivity index (χ4v) is 23.8. The number of unbranched alkanes of at least 4 members (excludes halogenated alkanes) is 3. The van der Waals surface area contributed by atoms with Crippen LogP contribution in [0.3, 0.4) is 0 Å². The van der Waals surface area contributed by atoms with E-state index in [9.17, 15) is 5.21 Å². The summed E-state index contributed by atoms with van der Waals surface area (Å²) in [5.74, 6) is 0. The first-order valence-electron chi connectivity index (χ1n) is 10.2. The molecule has 0 unspecified atom stereocenters.